The van der Waals surface area contributed by atoms with Gasteiger partial charge in [-0.05, 0) is 88.0 Å². The van der Waals surface area contributed by atoms with Gasteiger partial charge in [-0.15, -0.1) is 0 Å². The Morgan fingerprint density at radius 2 is 1.47 bits per heavy atom. The van der Waals surface area contributed by atoms with E-state index in [9.17, 15) is 0 Å². The van der Waals surface area contributed by atoms with Crippen molar-refractivity contribution in [1.82, 2.24) is 25.2 Å². The molecule has 2 fully saturated rings. The number of aliphatic imine (C=N–C) groups is 1. The lowest BCUT2D eigenvalue weighted by molar-refractivity contribution is 0.317. The van der Waals surface area contributed by atoms with E-state index in [1.807, 2.05) is 49.2 Å². The number of hydrogen-bond acceptors (Lipinski definition) is 7. The van der Waals surface area contributed by atoms with Gasteiger partial charge in [-0.2, -0.15) is 27.0 Å². The van der Waals surface area contributed by atoms with Crippen LogP contribution in [0.5, 0.6) is 0 Å². The van der Waals surface area contributed by atoms with Crippen molar-refractivity contribution in [2.24, 2.45) is 4.99 Å². The van der Waals surface area contributed by atoms with E-state index in [2.05, 4.69) is 55.4 Å². The van der Waals surface area contributed by atoms with Crippen LogP contribution in [0.4, 0.5) is 0 Å². The van der Waals surface area contributed by atoms with Crippen molar-refractivity contribution < 1.29 is 5.11 Å². The third kappa shape index (κ3) is 10.8. The molecule has 2 atom stereocenters. The molecule has 3 aromatic heterocycles. The van der Waals surface area contributed by atoms with Gasteiger partial charge >= 0.3 is 0 Å². The first-order valence-corrected chi connectivity index (χ1v) is 12.9. The van der Waals surface area contributed by atoms with Crippen molar-refractivity contribution in [2.75, 3.05) is 33.8 Å². The van der Waals surface area contributed by atoms with Crippen molar-refractivity contribution >= 4 is 32.7 Å². The number of nitrogens with one attached hydrogen (secondary N) is 1. The number of aromatic nitrogens is 3. The highest BCUT2D eigenvalue weighted by Crippen LogP contribution is 2.29. The average Bonchev–Trinajstić information content (AvgIpc) is 3.76. The monoisotopic (exact) mass is 556 g/mol. The van der Waals surface area contributed by atoms with Gasteiger partial charge in [0.1, 0.15) is 0 Å². The number of rotatable bonds is 3. The van der Waals surface area contributed by atoms with E-state index >= 15 is 0 Å². The highest BCUT2D eigenvalue weighted by atomic mass is 32.1. The summed E-state index contributed by atoms with van der Waals surface area (Å²) < 4.78 is 0. The summed E-state index contributed by atoms with van der Waals surface area (Å²) in [5, 5.41) is 10.4. The molecule has 3 aliphatic rings. The molecule has 2 N–H and O–H groups in total. The Kier molecular flexibility index (Phi) is 17.5. The molecule has 0 spiro atoms. The van der Waals surface area contributed by atoms with E-state index in [-0.39, 0.29) is 27.0 Å². The van der Waals surface area contributed by atoms with Crippen LogP contribution >= 0.6 is 27.0 Å². The lowest BCUT2D eigenvalue weighted by atomic mass is 10.1. The normalized spacial score (nSPS) is 19.6. The summed E-state index contributed by atoms with van der Waals surface area (Å²) in [6.45, 7) is 3.36. The zero-order valence-corrected chi connectivity index (χ0v) is 24.6. The van der Waals surface area contributed by atoms with Gasteiger partial charge in [0.2, 0.25) is 0 Å². The molecule has 2 saturated heterocycles. The largest absolute Gasteiger partial charge is 0.400 e. The predicted octanol–water partition coefficient (Wildman–Crippen LogP) is 4.85. The van der Waals surface area contributed by atoms with Gasteiger partial charge < -0.3 is 10.4 Å². The summed E-state index contributed by atoms with van der Waals surface area (Å²) in [7, 11) is 3.19. The summed E-state index contributed by atoms with van der Waals surface area (Å²) in [4.78, 5) is 19.1. The van der Waals surface area contributed by atoms with Crippen LogP contribution in [0.3, 0.4) is 0 Å². The lowest BCUT2D eigenvalue weighted by Gasteiger charge is -2.18. The zero-order chi connectivity index (χ0) is 25.4. The number of nitrogens with zero attached hydrogens (tertiary/aromatic N) is 5. The maximum Gasteiger partial charge on any atom is 0.0436 e. The van der Waals surface area contributed by atoms with E-state index < -0.39 is 0 Å². The Labute approximate surface area is 242 Å². The first-order valence-electron chi connectivity index (χ1n) is 12.9. The van der Waals surface area contributed by atoms with Crippen molar-refractivity contribution in [1.29, 1.82) is 0 Å². The smallest absolute Gasteiger partial charge is 0.0436 e. The molecule has 0 aliphatic carbocycles. The SMILES string of the molecule is CN1CCCC1c1cccnc1.CO.S.S.c1cncc(C2=NCCC2)c1.c1cncc(C2CCCN2)c1. The van der Waals surface area contributed by atoms with Crippen LogP contribution in [-0.2, 0) is 0 Å². The van der Waals surface area contributed by atoms with Crippen molar-refractivity contribution in [3.63, 3.8) is 0 Å². The van der Waals surface area contributed by atoms with Crippen LogP contribution in [0.2, 0.25) is 0 Å². The van der Waals surface area contributed by atoms with Gasteiger partial charge in [0.05, 0.1) is 0 Å². The molecule has 6 rings (SSSR count). The third-order valence-electron chi connectivity index (χ3n) is 6.61. The Balaban J connectivity index is 0.000000269. The molecule has 0 saturated carbocycles. The average molecular weight is 557 g/mol. The molecule has 0 bridgehead atoms. The van der Waals surface area contributed by atoms with E-state index in [1.54, 1.807) is 6.20 Å². The molecule has 2 unspecified atom stereocenters. The highest BCUT2D eigenvalue weighted by molar-refractivity contribution is 7.59. The van der Waals surface area contributed by atoms with Crippen molar-refractivity contribution in [3.8, 4) is 0 Å². The molecule has 9 heteroatoms. The molecule has 3 aliphatic heterocycles. The van der Waals surface area contributed by atoms with Gasteiger partial charge in [-0.3, -0.25) is 24.8 Å². The molecule has 0 radical (unpaired) electrons. The Morgan fingerprint density at radius 3 is 1.95 bits per heavy atom. The van der Waals surface area contributed by atoms with E-state index in [0.29, 0.717) is 12.1 Å². The molecule has 3 aromatic rings. The zero-order valence-electron chi connectivity index (χ0n) is 22.6. The van der Waals surface area contributed by atoms with Crippen molar-refractivity contribution in [3.05, 3.63) is 90.3 Å². The number of hydrogen-bond donors (Lipinski definition) is 2. The van der Waals surface area contributed by atoms with Gasteiger partial charge in [0, 0.05) is 74.2 Å². The summed E-state index contributed by atoms with van der Waals surface area (Å²) in [6.07, 6.45) is 18.7. The minimum absolute atomic E-state index is 0. The fourth-order valence-corrected chi connectivity index (χ4v) is 4.76. The maximum atomic E-state index is 7.00. The predicted molar refractivity (Wildman–Crippen MR) is 167 cm³/mol. The van der Waals surface area contributed by atoms with E-state index in [0.717, 1.165) is 26.6 Å². The lowest BCUT2D eigenvalue weighted by Crippen LogP contribution is -2.17. The fourth-order valence-electron chi connectivity index (χ4n) is 4.76. The minimum atomic E-state index is 0. The Bertz CT molecular complexity index is 1010. The van der Waals surface area contributed by atoms with Crippen LogP contribution in [-0.4, -0.2) is 64.5 Å². The number of pyridine rings is 3. The number of aliphatic hydroxyl groups is 1. The van der Waals surface area contributed by atoms with Crippen LogP contribution in [0.1, 0.15) is 67.3 Å². The molecule has 0 aromatic carbocycles. The number of likely N-dealkylation sites (tertiary alicyclic amines) is 1. The molecular formula is C29H44N6OS2. The minimum Gasteiger partial charge on any atom is -0.400 e. The van der Waals surface area contributed by atoms with Crippen LogP contribution in [0.25, 0.3) is 0 Å². The van der Waals surface area contributed by atoms with E-state index in [1.165, 1.54) is 61.1 Å². The molecule has 7 nitrogen and oxygen atoms in total. The van der Waals surface area contributed by atoms with E-state index in [4.69, 9.17) is 5.11 Å². The standard InChI is InChI=1S/C10H14N2.C9H12N2.C9H10N2.CH4O.2H2S/c1-12-7-3-5-10(12)9-4-2-6-11-8-9;2*1-3-8(7-10-5-1)9-4-2-6-11-9;1-2;;/h2,4,6,8,10H,3,5,7H2,1H3;1,3,5,7,9,11H,2,4,6H2;1,3,5,7H,2,4,6H2;2H,1H3;2*1H2. The Hall–Kier alpha value is -2.30. The first-order chi connectivity index (χ1) is 17.8. The Morgan fingerprint density at radius 1 is 0.816 bits per heavy atom. The van der Waals surface area contributed by atoms with Gasteiger partial charge in [-0.25, -0.2) is 0 Å². The summed E-state index contributed by atoms with van der Waals surface area (Å²) in [5.41, 5.74) is 5.09. The summed E-state index contributed by atoms with van der Waals surface area (Å²) >= 11 is 0. The highest BCUT2D eigenvalue weighted by Gasteiger charge is 2.22. The van der Waals surface area contributed by atoms with Crippen LogP contribution < -0.4 is 5.32 Å². The molecule has 6 heterocycles. The molecule has 0 amide bonds. The third-order valence-corrected chi connectivity index (χ3v) is 6.61. The first kappa shape index (κ1) is 33.7. The second kappa shape index (κ2) is 19.7. The van der Waals surface area contributed by atoms with Gasteiger partial charge in [0.25, 0.3) is 0 Å². The summed E-state index contributed by atoms with van der Waals surface area (Å²) in [5.74, 6) is 0. The van der Waals surface area contributed by atoms with Crippen LogP contribution in [0.15, 0.2) is 78.6 Å². The number of aliphatic hydroxyl groups excluding tert-OH is 1. The quantitative estimate of drug-likeness (QED) is 0.480. The second-order valence-corrected chi connectivity index (χ2v) is 9.03. The van der Waals surface area contributed by atoms with Gasteiger partial charge in [0.15, 0.2) is 0 Å². The van der Waals surface area contributed by atoms with Crippen LogP contribution in [0, 0.1) is 0 Å². The summed E-state index contributed by atoms with van der Waals surface area (Å²) in [6, 6.07) is 13.5. The topological polar surface area (TPSA) is 86.5 Å². The van der Waals surface area contributed by atoms with Crippen molar-refractivity contribution in [2.45, 2.75) is 50.6 Å². The fraction of sp³-hybridized carbons (Fsp3) is 0.448. The maximum absolute atomic E-state index is 7.00. The molecule has 208 valence electrons. The second-order valence-electron chi connectivity index (χ2n) is 9.03. The molecule has 38 heavy (non-hydrogen) atoms. The van der Waals surface area contributed by atoms with Gasteiger partial charge in [-0.1, -0.05) is 18.2 Å². The molecular weight excluding hydrogens is 512 g/mol.